The molecule has 5 heteroatoms. The Bertz CT molecular complexity index is 945. The molecule has 0 bridgehead atoms. The van der Waals surface area contributed by atoms with Crippen LogP contribution < -0.4 is 10.9 Å². The summed E-state index contributed by atoms with van der Waals surface area (Å²) in [6, 6.07) is 18.3. The summed E-state index contributed by atoms with van der Waals surface area (Å²) >= 11 is 3.36. The molecule has 1 heterocycles. The fourth-order valence-corrected chi connectivity index (χ4v) is 2.68. The first-order valence-corrected chi connectivity index (χ1v) is 8.63. The number of carbonyl (C=O) groups is 1. The number of rotatable bonds is 4. The van der Waals surface area contributed by atoms with Gasteiger partial charge in [0, 0.05) is 22.4 Å². The Morgan fingerprint density at radius 1 is 1.00 bits per heavy atom. The fourth-order valence-electron chi connectivity index (χ4n) is 2.42. The Kier molecular flexibility index (Phi) is 5.14. The Hall–Kier alpha value is -2.66. The molecule has 3 rings (SSSR count). The predicted octanol–water partition coefficient (Wildman–Crippen LogP) is 4.22. The summed E-state index contributed by atoms with van der Waals surface area (Å²) in [5.74, 6) is -0.250. The van der Waals surface area contributed by atoms with Gasteiger partial charge in [-0.15, -0.1) is 0 Å². The molecule has 4 nitrogen and oxygen atoms in total. The Labute approximate surface area is 154 Å². The smallest absolute Gasteiger partial charge is 0.257 e. The van der Waals surface area contributed by atoms with E-state index >= 15 is 0 Å². The normalized spacial score (nSPS) is 10.5. The molecule has 0 saturated heterocycles. The van der Waals surface area contributed by atoms with Crippen LogP contribution in [0.1, 0.15) is 21.5 Å². The average molecular weight is 397 g/mol. The van der Waals surface area contributed by atoms with Crippen LogP contribution in [0.3, 0.4) is 0 Å². The van der Waals surface area contributed by atoms with E-state index in [1.54, 1.807) is 16.8 Å². The average Bonchev–Trinajstić information content (AvgIpc) is 2.60. The van der Waals surface area contributed by atoms with Crippen LogP contribution in [0.25, 0.3) is 0 Å². The van der Waals surface area contributed by atoms with Crippen molar-refractivity contribution in [1.82, 2.24) is 4.57 Å². The second-order valence-corrected chi connectivity index (χ2v) is 6.75. The van der Waals surface area contributed by atoms with Crippen molar-refractivity contribution < 1.29 is 4.79 Å². The highest BCUT2D eigenvalue weighted by molar-refractivity contribution is 9.10. The lowest BCUT2D eigenvalue weighted by atomic mass is 10.1. The number of aryl methyl sites for hydroxylation is 1. The zero-order valence-corrected chi connectivity index (χ0v) is 15.3. The molecule has 25 heavy (non-hydrogen) atoms. The summed E-state index contributed by atoms with van der Waals surface area (Å²) in [4.78, 5) is 24.5. The van der Waals surface area contributed by atoms with Gasteiger partial charge in [0.15, 0.2) is 0 Å². The minimum atomic E-state index is -0.250. The Morgan fingerprint density at radius 3 is 2.36 bits per heavy atom. The number of amides is 1. The molecule has 0 radical (unpaired) electrons. The molecule has 2 aromatic carbocycles. The molecule has 0 spiro atoms. The van der Waals surface area contributed by atoms with Crippen LogP contribution in [-0.2, 0) is 6.54 Å². The summed E-state index contributed by atoms with van der Waals surface area (Å²) in [5, 5.41) is 2.83. The molecule has 0 fully saturated rings. The fraction of sp³-hybridized carbons (Fsp3) is 0.100. The van der Waals surface area contributed by atoms with Gasteiger partial charge in [0.05, 0.1) is 12.1 Å². The molecule has 0 aliphatic rings. The molecule has 0 atom stereocenters. The summed E-state index contributed by atoms with van der Waals surface area (Å²) in [7, 11) is 0. The summed E-state index contributed by atoms with van der Waals surface area (Å²) in [6.45, 7) is 2.45. The number of hydrogen-bond acceptors (Lipinski definition) is 2. The van der Waals surface area contributed by atoms with Crippen molar-refractivity contribution in [2.45, 2.75) is 13.5 Å². The Balaban J connectivity index is 1.80. The van der Waals surface area contributed by atoms with Crippen molar-refractivity contribution in [2.24, 2.45) is 0 Å². The molecule has 0 saturated carbocycles. The van der Waals surface area contributed by atoms with E-state index in [4.69, 9.17) is 0 Å². The molecule has 1 aromatic heterocycles. The molecule has 0 aliphatic carbocycles. The topological polar surface area (TPSA) is 51.1 Å². The minimum absolute atomic E-state index is 0.138. The molecule has 1 N–H and O–H groups in total. The van der Waals surface area contributed by atoms with Crippen molar-refractivity contribution in [3.05, 3.63) is 98.4 Å². The number of hydrogen-bond donors (Lipinski definition) is 1. The lowest BCUT2D eigenvalue weighted by molar-refractivity contribution is 0.102. The molecular weight excluding hydrogens is 380 g/mol. The summed E-state index contributed by atoms with van der Waals surface area (Å²) in [5.41, 5.74) is 3.18. The van der Waals surface area contributed by atoms with Gasteiger partial charge in [-0.3, -0.25) is 9.59 Å². The summed E-state index contributed by atoms with van der Waals surface area (Å²) < 4.78 is 2.48. The van der Waals surface area contributed by atoms with Gasteiger partial charge < -0.3 is 9.88 Å². The second-order valence-electron chi connectivity index (χ2n) is 5.83. The van der Waals surface area contributed by atoms with Gasteiger partial charge in [-0.05, 0) is 42.8 Å². The van der Waals surface area contributed by atoms with E-state index in [-0.39, 0.29) is 11.5 Å². The maximum atomic E-state index is 12.4. The lowest BCUT2D eigenvalue weighted by Crippen LogP contribution is -2.22. The molecule has 0 aliphatic heterocycles. The number of carbonyl (C=O) groups excluding carboxylic acids is 1. The van der Waals surface area contributed by atoms with Crippen molar-refractivity contribution in [3.8, 4) is 0 Å². The monoisotopic (exact) mass is 396 g/mol. The molecule has 126 valence electrons. The third-order valence-corrected chi connectivity index (χ3v) is 4.35. The van der Waals surface area contributed by atoms with Crippen molar-refractivity contribution in [2.75, 3.05) is 5.32 Å². The number of benzene rings is 2. The highest BCUT2D eigenvalue weighted by atomic mass is 79.9. The van der Waals surface area contributed by atoms with Crippen LogP contribution >= 0.6 is 15.9 Å². The van der Waals surface area contributed by atoms with Gasteiger partial charge in [0.2, 0.25) is 0 Å². The standard InChI is InChI=1S/C20H17BrN2O2/c1-14-2-4-15(5-3-14)12-23-13-16(6-11-19(23)24)20(25)22-18-9-7-17(21)8-10-18/h2-11,13H,12H2,1H3,(H,22,25). The maximum Gasteiger partial charge on any atom is 0.257 e. The molecule has 1 amide bonds. The van der Waals surface area contributed by atoms with E-state index in [0.717, 1.165) is 10.0 Å². The zero-order valence-electron chi connectivity index (χ0n) is 13.7. The number of pyridine rings is 1. The highest BCUT2D eigenvalue weighted by Gasteiger charge is 2.08. The quantitative estimate of drug-likeness (QED) is 0.717. The van der Waals surface area contributed by atoms with Gasteiger partial charge in [-0.2, -0.15) is 0 Å². The van der Waals surface area contributed by atoms with Crippen molar-refractivity contribution in [1.29, 1.82) is 0 Å². The molecular formula is C20H17BrN2O2. The first-order chi connectivity index (χ1) is 12.0. The van der Waals surface area contributed by atoms with Crippen molar-refractivity contribution in [3.63, 3.8) is 0 Å². The van der Waals surface area contributed by atoms with E-state index < -0.39 is 0 Å². The molecule has 0 unspecified atom stereocenters. The van der Waals surface area contributed by atoms with E-state index in [1.807, 2.05) is 55.5 Å². The Morgan fingerprint density at radius 2 is 1.68 bits per heavy atom. The number of nitrogens with zero attached hydrogens (tertiary/aromatic N) is 1. The van der Waals surface area contributed by atoms with Crippen LogP contribution in [0.5, 0.6) is 0 Å². The second kappa shape index (κ2) is 7.49. The van der Waals surface area contributed by atoms with E-state index in [2.05, 4.69) is 21.2 Å². The van der Waals surface area contributed by atoms with Gasteiger partial charge in [0.1, 0.15) is 0 Å². The van der Waals surface area contributed by atoms with Gasteiger partial charge in [-0.1, -0.05) is 45.8 Å². The number of anilines is 1. The van der Waals surface area contributed by atoms with Gasteiger partial charge in [-0.25, -0.2) is 0 Å². The molecule has 3 aromatic rings. The van der Waals surface area contributed by atoms with Crippen LogP contribution in [0.2, 0.25) is 0 Å². The van der Waals surface area contributed by atoms with E-state index in [9.17, 15) is 9.59 Å². The number of halogens is 1. The SMILES string of the molecule is Cc1ccc(Cn2cc(C(=O)Nc3ccc(Br)cc3)ccc2=O)cc1. The first-order valence-electron chi connectivity index (χ1n) is 7.84. The van der Waals surface area contributed by atoms with Crippen molar-refractivity contribution >= 4 is 27.5 Å². The zero-order chi connectivity index (χ0) is 17.8. The third-order valence-electron chi connectivity index (χ3n) is 3.82. The minimum Gasteiger partial charge on any atom is -0.322 e. The summed E-state index contributed by atoms with van der Waals surface area (Å²) in [6.07, 6.45) is 1.59. The van der Waals surface area contributed by atoms with Gasteiger partial charge in [0.25, 0.3) is 11.5 Å². The first kappa shape index (κ1) is 17.2. The van der Waals surface area contributed by atoms with Crippen LogP contribution in [0, 0.1) is 6.92 Å². The number of aromatic nitrogens is 1. The number of nitrogens with one attached hydrogen (secondary N) is 1. The van der Waals surface area contributed by atoms with Gasteiger partial charge >= 0.3 is 0 Å². The lowest BCUT2D eigenvalue weighted by Gasteiger charge is -2.09. The predicted molar refractivity (Wildman–Crippen MR) is 103 cm³/mol. The third kappa shape index (κ3) is 4.45. The van der Waals surface area contributed by atoms with E-state index in [0.29, 0.717) is 17.8 Å². The van der Waals surface area contributed by atoms with Crippen LogP contribution in [-0.4, -0.2) is 10.5 Å². The van der Waals surface area contributed by atoms with E-state index in [1.165, 1.54) is 11.6 Å². The highest BCUT2D eigenvalue weighted by Crippen LogP contribution is 2.15. The van der Waals surface area contributed by atoms with Crippen LogP contribution in [0.4, 0.5) is 5.69 Å². The maximum absolute atomic E-state index is 12.4. The largest absolute Gasteiger partial charge is 0.322 e. The van der Waals surface area contributed by atoms with Crippen LogP contribution in [0.15, 0.2) is 76.1 Å².